The molecule has 5 rings (SSSR count). The van der Waals surface area contributed by atoms with Gasteiger partial charge in [0.1, 0.15) is 55.4 Å². The number of anilines is 1. The Balaban J connectivity index is 1.31. The number of esters is 1. The third-order valence-electron chi connectivity index (χ3n) is 7.56. The Kier molecular flexibility index (Phi) is 11.1. The van der Waals surface area contributed by atoms with Gasteiger partial charge in [0.15, 0.2) is 18.9 Å². The number of ether oxygens (including phenoxy) is 7. The summed E-state index contributed by atoms with van der Waals surface area (Å²) in [4.78, 5) is 24.2. The first-order chi connectivity index (χ1) is 21.5. The second-order valence-corrected chi connectivity index (χ2v) is 11.3. The predicted molar refractivity (Wildman–Crippen MR) is 154 cm³/mol. The molecule has 3 aliphatic rings. The van der Waals surface area contributed by atoms with Gasteiger partial charge in [0, 0.05) is 6.92 Å². The summed E-state index contributed by atoms with van der Waals surface area (Å²) < 4.78 is 39.9. The maximum atomic E-state index is 12.7. The molecule has 14 nitrogen and oxygen atoms in total. The van der Waals surface area contributed by atoms with Crippen molar-refractivity contribution in [3.63, 3.8) is 0 Å². The first-order valence-electron chi connectivity index (χ1n) is 14.4. The van der Waals surface area contributed by atoms with E-state index < -0.39 is 80.3 Å². The standard InChI is InChI=1S/C30H36ClNO13/c1-14(33)32-19-10-16(8-9-18(19)31)11-41-29-24(36)22(34)27(21(43-29)13-40-28(38)17-6-4-3-5-7-17)45-30-25(37)23(35)26-20(44-30)12-39-15(2)42-26/h3-10,15,20-27,29-30,34-37H,11-13H2,1-2H3,(H,32,33)/t15?,20-,21-,22-,23-,24-,25-,26-,27-,29-,30?/m1/s1. The highest BCUT2D eigenvalue weighted by atomic mass is 35.5. The van der Waals surface area contributed by atoms with Crippen LogP contribution in [-0.4, -0.2) is 113 Å². The van der Waals surface area contributed by atoms with Crippen molar-refractivity contribution in [1.29, 1.82) is 0 Å². The van der Waals surface area contributed by atoms with Gasteiger partial charge in [-0.3, -0.25) is 4.79 Å². The fourth-order valence-corrected chi connectivity index (χ4v) is 5.42. The van der Waals surface area contributed by atoms with Gasteiger partial charge in [-0.2, -0.15) is 0 Å². The number of hydrogen-bond donors (Lipinski definition) is 5. The first kappa shape index (κ1) is 33.6. The summed E-state index contributed by atoms with van der Waals surface area (Å²) in [7, 11) is 0. The molecule has 5 N–H and O–H groups in total. The molecule has 246 valence electrons. The summed E-state index contributed by atoms with van der Waals surface area (Å²) in [5, 5.41) is 46.6. The molecule has 3 aliphatic heterocycles. The zero-order valence-corrected chi connectivity index (χ0v) is 25.2. The topological polar surface area (TPSA) is 192 Å². The second-order valence-electron chi connectivity index (χ2n) is 10.9. The molecule has 45 heavy (non-hydrogen) atoms. The summed E-state index contributed by atoms with van der Waals surface area (Å²) in [5.74, 6) is -1.00. The van der Waals surface area contributed by atoms with Crippen LogP contribution in [0.1, 0.15) is 29.8 Å². The van der Waals surface area contributed by atoms with Crippen LogP contribution >= 0.6 is 11.6 Å². The number of carbonyl (C=O) groups is 2. The second kappa shape index (κ2) is 14.8. The minimum atomic E-state index is -1.69. The van der Waals surface area contributed by atoms with Crippen LogP contribution in [0.2, 0.25) is 5.02 Å². The lowest BCUT2D eigenvalue weighted by molar-refractivity contribution is -0.383. The van der Waals surface area contributed by atoms with Crippen LogP contribution in [0.4, 0.5) is 5.69 Å². The molecule has 15 heteroatoms. The van der Waals surface area contributed by atoms with Crippen molar-refractivity contribution in [2.75, 3.05) is 18.5 Å². The van der Waals surface area contributed by atoms with E-state index in [0.29, 0.717) is 16.3 Å². The Labute approximate surface area is 263 Å². The highest BCUT2D eigenvalue weighted by Crippen LogP contribution is 2.33. The molecule has 0 aliphatic carbocycles. The molecule has 0 saturated carbocycles. The number of carbonyl (C=O) groups excluding carboxylic acids is 2. The van der Waals surface area contributed by atoms with Crippen LogP contribution in [-0.2, 0) is 44.6 Å². The smallest absolute Gasteiger partial charge is 0.338 e. The number of fused-ring (bicyclic) bond motifs is 1. The lowest BCUT2D eigenvalue weighted by atomic mass is 9.96. The number of halogens is 1. The lowest BCUT2D eigenvalue weighted by Crippen LogP contribution is -2.66. The van der Waals surface area contributed by atoms with Gasteiger partial charge in [-0.15, -0.1) is 0 Å². The molecule has 0 aromatic heterocycles. The van der Waals surface area contributed by atoms with Gasteiger partial charge in [-0.05, 0) is 36.8 Å². The van der Waals surface area contributed by atoms with Crippen molar-refractivity contribution >= 4 is 29.2 Å². The summed E-state index contributed by atoms with van der Waals surface area (Å²) in [6.07, 6.45) is -14.3. The minimum Gasteiger partial charge on any atom is -0.459 e. The van der Waals surface area contributed by atoms with E-state index in [0.717, 1.165) is 0 Å². The molecule has 0 spiro atoms. The number of hydrogen-bond acceptors (Lipinski definition) is 13. The van der Waals surface area contributed by atoms with Gasteiger partial charge in [0.2, 0.25) is 5.91 Å². The van der Waals surface area contributed by atoms with E-state index in [1.807, 2.05) is 0 Å². The number of benzene rings is 2. The Morgan fingerprint density at radius 1 is 0.956 bits per heavy atom. The fourth-order valence-electron chi connectivity index (χ4n) is 5.25. The van der Waals surface area contributed by atoms with E-state index in [2.05, 4.69) is 5.32 Å². The van der Waals surface area contributed by atoms with Crippen LogP contribution in [0, 0.1) is 0 Å². The average molecular weight is 654 g/mol. The third kappa shape index (κ3) is 7.99. The van der Waals surface area contributed by atoms with Gasteiger partial charge in [0.25, 0.3) is 0 Å². The molecule has 0 radical (unpaired) electrons. The monoisotopic (exact) mass is 653 g/mol. The van der Waals surface area contributed by atoms with E-state index in [1.54, 1.807) is 55.5 Å². The molecular weight excluding hydrogens is 618 g/mol. The molecule has 3 heterocycles. The predicted octanol–water partition coefficient (Wildman–Crippen LogP) is 0.712. The molecular formula is C30H36ClNO13. The van der Waals surface area contributed by atoms with Gasteiger partial charge >= 0.3 is 5.97 Å². The number of amides is 1. The van der Waals surface area contributed by atoms with E-state index in [9.17, 15) is 30.0 Å². The van der Waals surface area contributed by atoms with Gasteiger partial charge in [-0.25, -0.2) is 4.79 Å². The largest absolute Gasteiger partial charge is 0.459 e. The van der Waals surface area contributed by atoms with Crippen molar-refractivity contribution in [3.05, 3.63) is 64.7 Å². The zero-order chi connectivity index (χ0) is 32.2. The van der Waals surface area contributed by atoms with Crippen LogP contribution in [0.25, 0.3) is 0 Å². The third-order valence-corrected chi connectivity index (χ3v) is 7.89. The summed E-state index contributed by atoms with van der Waals surface area (Å²) in [5.41, 5.74) is 1.18. The molecule has 2 aromatic carbocycles. The van der Waals surface area contributed by atoms with Gasteiger partial charge in [0.05, 0.1) is 29.5 Å². The SMILES string of the molecule is CC(=O)Nc1cc(CO[C@@H]2O[C@H](COC(=O)c3ccccc3)[C@@H](OC3O[C@@H]4COC(C)O[C@H]4[C@H](O)[C@H]3O)[C@H](O)[C@H]2O)ccc1Cl. The number of aliphatic hydroxyl groups excluding tert-OH is 4. The summed E-state index contributed by atoms with van der Waals surface area (Å²) in [6.45, 7) is 2.45. The van der Waals surface area contributed by atoms with Crippen molar-refractivity contribution in [1.82, 2.24) is 0 Å². The molecule has 11 atom stereocenters. The number of aliphatic hydroxyl groups is 4. The van der Waals surface area contributed by atoms with E-state index in [1.165, 1.54) is 6.92 Å². The van der Waals surface area contributed by atoms with Crippen molar-refractivity contribution in [3.8, 4) is 0 Å². The molecule has 2 unspecified atom stereocenters. The number of rotatable bonds is 9. The van der Waals surface area contributed by atoms with E-state index in [4.69, 9.17) is 44.8 Å². The van der Waals surface area contributed by atoms with Crippen LogP contribution < -0.4 is 5.32 Å². The van der Waals surface area contributed by atoms with Crippen molar-refractivity contribution in [2.45, 2.75) is 88.2 Å². The summed E-state index contributed by atoms with van der Waals surface area (Å²) in [6, 6.07) is 13.0. The molecule has 2 aromatic rings. The normalized spacial score (nSPS) is 34.9. The highest BCUT2D eigenvalue weighted by Gasteiger charge is 2.53. The minimum absolute atomic E-state index is 0.0458. The van der Waals surface area contributed by atoms with Crippen LogP contribution in [0.3, 0.4) is 0 Å². The number of nitrogens with one attached hydrogen (secondary N) is 1. The maximum Gasteiger partial charge on any atom is 0.338 e. The lowest BCUT2D eigenvalue weighted by Gasteiger charge is -2.48. The highest BCUT2D eigenvalue weighted by molar-refractivity contribution is 6.33. The quantitative estimate of drug-likeness (QED) is 0.238. The Bertz CT molecular complexity index is 1320. The fraction of sp³-hybridized carbons (Fsp3) is 0.533. The Hall–Kier alpha value is -2.73. The van der Waals surface area contributed by atoms with Crippen LogP contribution in [0.15, 0.2) is 48.5 Å². The van der Waals surface area contributed by atoms with Crippen molar-refractivity contribution < 1.29 is 63.2 Å². The zero-order valence-electron chi connectivity index (χ0n) is 24.4. The van der Waals surface area contributed by atoms with Crippen molar-refractivity contribution in [2.24, 2.45) is 0 Å². The Morgan fingerprint density at radius 2 is 1.69 bits per heavy atom. The Morgan fingerprint density at radius 3 is 2.42 bits per heavy atom. The molecule has 1 amide bonds. The maximum absolute atomic E-state index is 12.7. The summed E-state index contributed by atoms with van der Waals surface area (Å²) >= 11 is 6.15. The van der Waals surface area contributed by atoms with E-state index in [-0.39, 0.29) is 24.7 Å². The first-order valence-corrected chi connectivity index (χ1v) is 14.7. The van der Waals surface area contributed by atoms with Crippen LogP contribution in [0.5, 0.6) is 0 Å². The molecule has 0 bridgehead atoms. The molecule has 3 fully saturated rings. The van der Waals surface area contributed by atoms with Gasteiger partial charge < -0.3 is 58.9 Å². The van der Waals surface area contributed by atoms with E-state index >= 15 is 0 Å². The molecule has 3 saturated heterocycles. The average Bonchev–Trinajstić information content (AvgIpc) is 3.02. The van der Waals surface area contributed by atoms with Gasteiger partial charge in [-0.1, -0.05) is 35.9 Å².